The number of carbonyl (C=O) groups is 1. The molecule has 3 N–H and O–H groups in total. The predicted molar refractivity (Wildman–Crippen MR) is 97.6 cm³/mol. The van der Waals surface area contributed by atoms with Crippen LogP contribution < -0.4 is 15.5 Å². The highest BCUT2D eigenvalue weighted by molar-refractivity contribution is 9.10. The lowest BCUT2D eigenvalue weighted by Crippen LogP contribution is -2.34. The fourth-order valence-corrected chi connectivity index (χ4v) is 2.20. The molecule has 0 aliphatic heterocycles. The third-order valence-corrected chi connectivity index (χ3v) is 3.78. The molecular formula is C17H18BrN3O3. The Morgan fingerprint density at radius 3 is 2.67 bits per heavy atom. The van der Waals surface area contributed by atoms with Crippen LogP contribution in [0.2, 0.25) is 0 Å². The van der Waals surface area contributed by atoms with Gasteiger partial charge in [0.1, 0.15) is 6.04 Å². The van der Waals surface area contributed by atoms with Crippen molar-refractivity contribution in [3.8, 4) is 11.5 Å². The van der Waals surface area contributed by atoms with Gasteiger partial charge in [-0.25, -0.2) is 5.43 Å². The zero-order valence-electron chi connectivity index (χ0n) is 13.3. The van der Waals surface area contributed by atoms with E-state index in [1.807, 2.05) is 24.3 Å². The summed E-state index contributed by atoms with van der Waals surface area (Å²) in [7, 11) is 1.47. The second kappa shape index (κ2) is 8.35. The summed E-state index contributed by atoms with van der Waals surface area (Å²) in [6.07, 6.45) is 1.36. The number of carbonyl (C=O) groups excluding carboxylic acids is 1. The minimum Gasteiger partial charge on any atom is -0.504 e. The fourth-order valence-electron chi connectivity index (χ4n) is 1.93. The molecule has 7 heteroatoms. The van der Waals surface area contributed by atoms with Crippen molar-refractivity contribution in [1.29, 1.82) is 0 Å². The van der Waals surface area contributed by atoms with Crippen LogP contribution in [0.1, 0.15) is 12.5 Å². The minimum absolute atomic E-state index is 0.0287. The van der Waals surface area contributed by atoms with Gasteiger partial charge in [-0.05, 0) is 43.3 Å². The van der Waals surface area contributed by atoms with Crippen molar-refractivity contribution in [3.63, 3.8) is 0 Å². The number of amides is 1. The van der Waals surface area contributed by atoms with E-state index < -0.39 is 6.04 Å². The number of phenolic OH excluding ortho intramolecular Hbond substituents is 1. The molecule has 2 aromatic rings. The molecule has 0 aromatic heterocycles. The number of halogens is 1. The average molecular weight is 392 g/mol. The largest absolute Gasteiger partial charge is 0.504 e. The van der Waals surface area contributed by atoms with E-state index in [-0.39, 0.29) is 11.7 Å². The normalized spacial score (nSPS) is 12.0. The van der Waals surface area contributed by atoms with Gasteiger partial charge in [0.15, 0.2) is 11.5 Å². The Labute approximate surface area is 148 Å². The van der Waals surface area contributed by atoms with Crippen molar-refractivity contribution < 1.29 is 14.6 Å². The van der Waals surface area contributed by atoms with E-state index in [0.717, 1.165) is 10.2 Å². The lowest BCUT2D eigenvalue weighted by Gasteiger charge is -2.13. The van der Waals surface area contributed by atoms with Crippen LogP contribution in [0.3, 0.4) is 0 Å². The van der Waals surface area contributed by atoms with Crippen LogP contribution in [0, 0.1) is 0 Å². The molecule has 0 aliphatic carbocycles. The molecular weight excluding hydrogens is 374 g/mol. The van der Waals surface area contributed by atoms with E-state index >= 15 is 0 Å². The van der Waals surface area contributed by atoms with Gasteiger partial charge >= 0.3 is 0 Å². The highest BCUT2D eigenvalue weighted by atomic mass is 79.9. The molecule has 0 saturated heterocycles. The van der Waals surface area contributed by atoms with Crippen LogP contribution in [0.5, 0.6) is 11.5 Å². The molecule has 0 heterocycles. The van der Waals surface area contributed by atoms with Gasteiger partial charge in [0.05, 0.1) is 13.3 Å². The van der Waals surface area contributed by atoms with Gasteiger partial charge < -0.3 is 15.2 Å². The number of hydrogen-bond acceptors (Lipinski definition) is 5. The Bertz CT molecular complexity index is 732. The van der Waals surface area contributed by atoms with E-state index in [1.54, 1.807) is 25.1 Å². The summed E-state index contributed by atoms with van der Waals surface area (Å²) in [5.74, 6) is 0.0196. The van der Waals surface area contributed by atoms with Crippen molar-refractivity contribution in [3.05, 3.63) is 52.5 Å². The van der Waals surface area contributed by atoms with Crippen LogP contribution >= 0.6 is 15.9 Å². The van der Waals surface area contributed by atoms with Gasteiger partial charge in [-0.2, -0.15) is 5.10 Å². The van der Waals surface area contributed by atoms with Crippen molar-refractivity contribution in [2.75, 3.05) is 12.4 Å². The van der Waals surface area contributed by atoms with Crippen LogP contribution in [0.4, 0.5) is 5.69 Å². The van der Waals surface area contributed by atoms with Crippen molar-refractivity contribution in [1.82, 2.24) is 5.43 Å². The Hall–Kier alpha value is -2.54. The number of para-hydroxylation sites is 1. The van der Waals surface area contributed by atoms with E-state index in [0.29, 0.717) is 11.3 Å². The highest BCUT2D eigenvalue weighted by Gasteiger charge is 2.11. The Morgan fingerprint density at radius 2 is 2.00 bits per heavy atom. The topological polar surface area (TPSA) is 83.0 Å². The molecule has 0 saturated carbocycles. The molecule has 126 valence electrons. The molecule has 6 nitrogen and oxygen atoms in total. The molecule has 0 aliphatic rings. The molecule has 0 radical (unpaired) electrons. The van der Waals surface area contributed by atoms with Gasteiger partial charge in [-0.15, -0.1) is 0 Å². The third-order valence-electron chi connectivity index (χ3n) is 3.25. The molecule has 0 fully saturated rings. The van der Waals surface area contributed by atoms with Gasteiger partial charge in [0.2, 0.25) is 0 Å². The van der Waals surface area contributed by atoms with Gasteiger partial charge in [-0.1, -0.05) is 22.0 Å². The summed E-state index contributed by atoms with van der Waals surface area (Å²) in [5.41, 5.74) is 3.71. The number of rotatable bonds is 6. The molecule has 0 bridgehead atoms. The number of hydrogen-bond donors (Lipinski definition) is 3. The third kappa shape index (κ3) is 4.73. The Morgan fingerprint density at radius 1 is 1.29 bits per heavy atom. The number of aromatic hydroxyl groups is 1. The maximum Gasteiger partial charge on any atom is 0.262 e. The molecule has 24 heavy (non-hydrogen) atoms. The number of benzene rings is 2. The SMILES string of the molecule is COc1cccc(/C=N\NC(=O)[C@H](C)Nc2ccc(Br)cc2)c1O. The van der Waals surface area contributed by atoms with Crippen molar-refractivity contribution in [2.24, 2.45) is 5.10 Å². The number of methoxy groups -OCH3 is 1. The fraction of sp³-hybridized carbons (Fsp3) is 0.176. The lowest BCUT2D eigenvalue weighted by molar-refractivity contribution is -0.121. The first-order valence-corrected chi connectivity index (χ1v) is 8.01. The van der Waals surface area contributed by atoms with Crippen molar-refractivity contribution >= 4 is 33.7 Å². The van der Waals surface area contributed by atoms with Crippen LogP contribution in [-0.2, 0) is 4.79 Å². The monoisotopic (exact) mass is 391 g/mol. The first-order chi connectivity index (χ1) is 11.5. The van der Waals surface area contributed by atoms with Crippen LogP contribution in [0.25, 0.3) is 0 Å². The first kappa shape index (κ1) is 17.8. The van der Waals surface area contributed by atoms with Crippen LogP contribution in [0.15, 0.2) is 52.0 Å². The van der Waals surface area contributed by atoms with Crippen LogP contribution in [-0.4, -0.2) is 30.4 Å². The molecule has 0 unspecified atom stereocenters. The second-order valence-corrected chi connectivity index (χ2v) is 5.92. The van der Waals surface area contributed by atoms with E-state index in [4.69, 9.17) is 4.74 Å². The Balaban J connectivity index is 1.93. The van der Waals surface area contributed by atoms with Gasteiger partial charge in [0, 0.05) is 15.7 Å². The number of anilines is 1. The number of nitrogens with one attached hydrogen (secondary N) is 2. The molecule has 0 spiro atoms. The summed E-state index contributed by atoms with van der Waals surface area (Å²) in [5, 5.41) is 16.9. The van der Waals surface area contributed by atoms with E-state index in [9.17, 15) is 9.90 Å². The number of nitrogens with zero attached hydrogens (tertiary/aromatic N) is 1. The number of ether oxygens (including phenoxy) is 1. The van der Waals surface area contributed by atoms with E-state index in [1.165, 1.54) is 13.3 Å². The first-order valence-electron chi connectivity index (χ1n) is 7.22. The summed E-state index contributed by atoms with van der Waals surface area (Å²) in [4.78, 5) is 12.0. The zero-order valence-corrected chi connectivity index (χ0v) is 14.9. The maximum absolute atomic E-state index is 12.0. The quantitative estimate of drug-likeness (QED) is 0.521. The van der Waals surface area contributed by atoms with Gasteiger partial charge in [-0.3, -0.25) is 4.79 Å². The summed E-state index contributed by atoms with van der Waals surface area (Å²) in [6, 6.07) is 12.1. The smallest absolute Gasteiger partial charge is 0.262 e. The highest BCUT2D eigenvalue weighted by Crippen LogP contribution is 2.27. The average Bonchev–Trinajstić information content (AvgIpc) is 2.58. The van der Waals surface area contributed by atoms with Crippen molar-refractivity contribution in [2.45, 2.75) is 13.0 Å². The molecule has 1 amide bonds. The minimum atomic E-state index is -0.470. The molecule has 2 aromatic carbocycles. The maximum atomic E-state index is 12.0. The summed E-state index contributed by atoms with van der Waals surface area (Å²) >= 11 is 3.36. The summed E-state index contributed by atoms with van der Waals surface area (Å²) in [6.45, 7) is 1.73. The number of hydrazone groups is 1. The van der Waals surface area contributed by atoms with E-state index in [2.05, 4.69) is 31.8 Å². The Kier molecular flexibility index (Phi) is 6.20. The standard InChI is InChI=1S/C17H18BrN3O3/c1-11(20-14-8-6-13(18)7-9-14)17(23)21-19-10-12-4-3-5-15(24-2)16(12)22/h3-11,20,22H,1-2H3,(H,21,23)/b19-10-/t11-/m0/s1. The van der Waals surface area contributed by atoms with Gasteiger partial charge in [0.25, 0.3) is 5.91 Å². The second-order valence-electron chi connectivity index (χ2n) is 5.01. The lowest BCUT2D eigenvalue weighted by atomic mass is 10.2. The molecule has 2 rings (SSSR count). The zero-order chi connectivity index (χ0) is 17.5. The summed E-state index contributed by atoms with van der Waals surface area (Å²) < 4.78 is 5.98. The predicted octanol–water partition coefficient (Wildman–Crippen LogP) is 3.11. The number of phenols is 1. The molecule has 1 atom stereocenters.